The lowest BCUT2D eigenvalue weighted by atomic mass is 10.2. The van der Waals surface area contributed by atoms with Crippen LogP contribution in [0.25, 0.3) is 0 Å². The summed E-state index contributed by atoms with van der Waals surface area (Å²) in [5, 5.41) is 6.30. The number of aromatic nitrogens is 1. The number of rotatable bonds is 8. The molecule has 0 aromatic carbocycles. The Kier molecular flexibility index (Phi) is 6.50. The molecule has 18 heavy (non-hydrogen) atoms. The van der Waals surface area contributed by atoms with Gasteiger partial charge in [-0.25, -0.2) is 0 Å². The third-order valence-electron chi connectivity index (χ3n) is 2.99. The van der Waals surface area contributed by atoms with Crippen LogP contribution in [0.3, 0.4) is 0 Å². The zero-order valence-electron chi connectivity index (χ0n) is 11.7. The van der Waals surface area contributed by atoms with Crippen molar-refractivity contribution in [2.24, 2.45) is 0 Å². The number of nitrogens with zero attached hydrogens (tertiary/aromatic N) is 1. The van der Waals surface area contributed by atoms with Crippen LogP contribution in [0.2, 0.25) is 0 Å². The number of hydrogen-bond acceptors (Lipinski definition) is 2. The number of carbonyl (C=O) groups excluding carboxylic acids is 1. The number of amides is 1. The van der Waals surface area contributed by atoms with Crippen LogP contribution in [0.4, 0.5) is 0 Å². The first-order chi connectivity index (χ1) is 8.69. The van der Waals surface area contributed by atoms with E-state index in [2.05, 4.69) is 37.5 Å². The third kappa shape index (κ3) is 4.53. The van der Waals surface area contributed by atoms with Gasteiger partial charge in [0.15, 0.2) is 0 Å². The molecule has 0 spiro atoms. The molecule has 1 unspecified atom stereocenters. The molecular weight excluding hydrogens is 226 g/mol. The van der Waals surface area contributed by atoms with Gasteiger partial charge in [-0.05, 0) is 32.0 Å². The third-order valence-corrected chi connectivity index (χ3v) is 2.99. The molecule has 0 bridgehead atoms. The van der Waals surface area contributed by atoms with E-state index >= 15 is 0 Å². The Hall–Kier alpha value is -1.29. The predicted octanol–water partition coefficient (Wildman–Crippen LogP) is 2.07. The SMILES string of the molecule is CCCCNC(=O)Cn1cccc1C(C)NCC. The smallest absolute Gasteiger partial charge is 0.239 e. The molecule has 2 N–H and O–H groups in total. The Labute approximate surface area is 110 Å². The molecule has 0 saturated carbocycles. The van der Waals surface area contributed by atoms with E-state index in [1.165, 1.54) is 0 Å². The predicted molar refractivity (Wildman–Crippen MR) is 74.4 cm³/mol. The van der Waals surface area contributed by atoms with Crippen molar-refractivity contribution in [3.63, 3.8) is 0 Å². The van der Waals surface area contributed by atoms with E-state index in [9.17, 15) is 4.79 Å². The van der Waals surface area contributed by atoms with Gasteiger partial charge in [-0.3, -0.25) is 4.79 Å². The van der Waals surface area contributed by atoms with Gasteiger partial charge in [-0.1, -0.05) is 20.3 Å². The maximum absolute atomic E-state index is 11.8. The Morgan fingerprint density at radius 1 is 1.44 bits per heavy atom. The van der Waals surface area contributed by atoms with Gasteiger partial charge in [0, 0.05) is 24.5 Å². The lowest BCUT2D eigenvalue weighted by molar-refractivity contribution is -0.121. The molecule has 0 aliphatic rings. The molecule has 1 aromatic rings. The van der Waals surface area contributed by atoms with Crippen LogP contribution < -0.4 is 10.6 Å². The molecular formula is C14H25N3O. The van der Waals surface area contributed by atoms with E-state index < -0.39 is 0 Å². The van der Waals surface area contributed by atoms with Crippen molar-refractivity contribution in [1.82, 2.24) is 15.2 Å². The van der Waals surface area contributed by atoms with Crippen molar-refractivity contribution in [1.29, 1.82) is 0 Å². The number of carbonyl (C=O) groups is 1. The van der Waals surface area contributed by atoms with Gasteiger partial charge in [0.05, 0.1) is 0 Å². The molecule has 0 aliphatic carbocycles. The highest BCUT2D eigenvalue weighted by Crippen LogP contribution is 2.12. The summed E-state index contributed by atoms with van der Waals surface area (Å²) < 4.78 is 2.01. The summed E-state index contributed by atoms with van der Waals surface area (Å²) in [5.41, 5.74) is 1.16. The van der Waals surface area contributed by atoms with Crippen molar-refractivity contribution in [2.45, 2.75) is 46.2 Å². The molecule has 1 atom stereocenters. The second-order valence-electron chi connectivity index (χ2n) is 4.54. The molecule has 0 saturated heterocycles. The highest BCUT2D eigenvalue weighted by molar-refractivity contribution is 5.75. The normalized spacial score (nSPS) is 12.4. The summed E-state index contributed by atoms with van der Waals surface area (Å²) in [4.78, 5) is 11.8. The van der Waals surface area contributed by atoms with Crippen LogP contribution in [-0.2, 0) is 11.3 Å². The summed E-state index contributed by atoms with van der Waals surface area (Å²) in [6, 6.07) is 4.32. The summed E-state index contributed by atoms with van der Waals surface area (Å²) in [6.45, 7) is 8.42. The van der Waals surface area contributed by atoms with Gasteiger partial charge in [0.1, 0.15) is 6.54 Å². The maximum atomic E-state index is 11.8. The van der Waals surface area contributed by atoms with Crippen molar-refractivity contribution in [3.8, 4) is 0 Å². The first kappa shape index (κ1) is 14.8. The molecule has 4 heteroatoms. The zero-order chi connectivity index (χ0) is 13.4. The van der Waals surface area contributed by atoms with Crippen molar-refractivity contribution >= 4 is 5.91 Å². The van der Waals surface area contributed by atoms with Gasteiger partial charge in [0.2, 0.25) is 5.91 Å². The monoisotopic (exact) mass is 251 g/mol. The largest absolute Gasteiger partial charge is 0.355 e. The summed E-state index contributed by atoms with van der Waals surface area (Å²) >= 11 is 0. The zero-order valence-corrected chi connectivity index (χ0v) is 11.7. The highest BCUT2D eigenvalue weighted by atomic mass is 16.1. The summed E-state index contributed by atoms with van der Waals surface area (Å²) in [7, 11) is 0. The van der Waals surface area contributed by atoms with Crippen LogP contribution >= 0.6 is 0 Å². The fourth-order valence-electron chi connectivity index (χ4n) is 1.99. The lowest BCUT2D eigenvalue weighted by Gasteiger charge is -2.16. The van der Waals surface area contributed by atoms with Crippen LogP contribution in [0, 0.1) is 0 Å². The van der Waals surface area contributed by atoms with Crippen LogP contribution in [0.5, 0.6) is 0 Å². The van der Waals surface area contributed by atoms with Crippen molar-refractivity contribution < 1.29 is 4.79 Å². The molecule has 1 rings (SSSR count). The lowest BCUT2D eigenvalue weighted by Crippen LogP contribution is -2.30. The van der Waals surface area contributed by atoms with Crippen LogP contribution in [-0.4, -0.2) is 23.6 Å². The maximum Gasteiger partial charge on any atom is 0.239 e. The average Bonchev–Trinajstić information content (AvgIpc) is 2.78. The molecule has 1 amide bonds. The Morgan fingerprint density at radius 2 is 2.22 bits per heavy atom. The van der Waals surface area contributed by atoms with Crippen LogP contribution in [0.1, 0.15) is 45.3 Å². The molecule has 1 heterocycles. The van der Waals surface area contributed by atoms with Gasteiger partial charge in [-0.2, -0.15) is 0 Å². The van der Waals surface area contributed by atoms with Gasteiger partial charge < -0.3 is 15.2 Å². The number of unbranched alkanes of at least 4 members (excludes halogenated alkanes) is 1. The Balaban J connectivity index is 2.51. The fraction of sp³-hybridized carbons (Fsp3) is 0.643. The number of hydrogen-bond donors (Lipinski definition) is 2. The van der Waals surface area contributed by atoms with Crippen molar-refractivity contribution in [2.75, 3.05) is 13.1 Å². The first-order valence-corrected chi connectivity index (χ1v) is 6.84. The van der Waals surface area contributed by atoms with E-state index in [4.69, 9.17) is 0 Å². The average molecular weight is 251 g/mol. The molecule has 0 fully saturated rings. The van der Waals surface area contributed by atoms with Gasteiger partial charge in [-0.15, -0.1) is 0 Å². The van der Waals surface area contributed by atoms with Crippen molar-refractivity contribution in [3.05, 3.63) is 24.0 Å². The molecule has 1 aromatic heterocycles. The Bertz CT molecular complexity index is 360. The topological polar surface area (TPSA) is 46.1 Å². The quantitative estimate of drug-likeness (QED) is 0.695. The van der Waals surface area contributed by atoms with E-state index in [0.29, 0.717) is 6.54 Å². The van der Waals surface area contributed by atoms with Crippen LogP contribution in [0.15, 0.2) is 18.3 Å². The minimum Gasteiger partial charge on any atom is -0.355 e. The molecule has 0 radical (unpaired) electrons. The molecule has 102 valence electrons. The second-order valence-corrected chi connectivity index (χ2v) is 4.54. The van der Waals surface area contributed by atoms with Gasteiger partial charge in [0.25, 0.3) is 0 Å². The standard InChI is InChI=1S/C14H25N3O/c1-4-6-9-16-14(18)11-17-10-7-8-13(17)12(3)15-5-2/h7-8,10,12,15H,4-6,9,11H2,1-3H3,(H,16,18). The summed E-state index contributed by atoms with van der Waals surface area (Å²) in [6.07, 6.45) is 4.10. The minimum atomic E-state index is 0.0876. The summed E-state index contributed by atoms with van der Waals surface area (Å²) in [5.74, 6) is 0.0876. The molecule has 4 nitrogen and oxygen atoms in total. The fourth-order valence-corrected chi connectivity index (χ4v) is 1.99. The van der Waals surface area contributed by atoms with E-state index in [1.807, 2.05) is 16.8 Å². The second kappa shape index (κ2) is 7.93. The van der Waals surface area contributed by atoms with E-state index in [0.717, 1.165) is 31.6 Å². The Morgan fingerprint density at radius 3 is 2.89 bits per heavy atom. The molecule has 0 aliphatic heterocycles. The van der Waals surface area contributed by atoms with E-state index in [1.54, 1.807) is 0 Å². The number of nitrogens with one attached hydrogen (secondary N) is 2. The minimum absolute atomic E-state index is 0.0876. The highest BCUT2D eigenvalue weighted by Gasteiger charge is 2.10. The first-order valence-electron chi connectivity index (χ1n) is 6.84. The van der Waals surface area contributed by atoms with E-state index in [-0.39, 0.29) is 11.9 Å². The van der Waals surface area contributed by atoms with Gasteiger partial charge >= 0.3 is 0 Å².